The number of hydrogen-bond acceptors (Lipinski definition) is 4. The summed E-state index contributed by atoms with van der Waals surface area (Å²) in [5.74, 6) is 0.103. The van der Waals surface area contributed by atoms with Crippen molar-refractivity contribution in [3.63, 3.8) is 0 Å². The van der Waals surface area contributed by atoms with Gasteiger partial charge in [-0.25, -0.2) is 4.79 Å². The predicted molar refractivity (Wildman–Crippen MR) is 116 cm³/mol. The molecule has 0 spiro atoms. The fourth-order valence-corrected chi connectivity index (χ4v) is 3.86. The Labute approximate surface area is 179 Å². The summed E-state index contributed by atoms with van der Waals surface area (Å²) >= 11 is 0. The Morgan fingerprint density at radius 1 is 1.13 bits per heavy atom. The van der Waals surface area contributed by atoms with E-state index in [0.29, 0.717) is 28.6 Å². The van der Waals surface area contributed by atoms with Crippen LogP contribution in [-0.2, 0) is 7.05 Å². The van der Waals surface area contributed by atoms with Gasteiger partial charge in [-0.3, -0.25) is 4.79 Å². The van der Waals surface area contributed by atoms with Crippen molar-refractivity contribution in [2.75, 3.05) is 5.32 Å². The molecule has 31 heavy (non-hydrogen) atoms. The van der Waals surface area contributed by atoms with E-state index in [2.05, 4.69) is 15.7 Å². The van der Waals surface area contributed by atoms with Gasteiger partial charge in [0.05, 0.1) is 11.4 Å². The number of phenols is 1. The molecule has 0 aliphatic heterocycles. The summed E-state index contributed by atoms with van der Waals surface area (Å²) in [6.45, 7) is 0. The maximum Gasteiger partial charge on any atom is 0.342 e. The Morgan fingerprint density at radius 3 is 2.58 bits per heavy atom. The van der Waals surface area contributed by atoms with Crippen LogP contribution in [0.4, 0.5) is 10.5 Å². The molecule has 2 amide bonds. The maximum absolute atomic E-state index is 12.7. The maximum atomic E-state index is 12.7. The minimum Gasteiger partial charge on any atom is -0.507 e. The van der Waals surface area contributed by atoms with E-state index < -0.39 is 0 Å². The SMILES string of the molecule is Cn1cccc1C(=O)Nc1ccc(O)c(-c2cc(C3CCC3)n(C(=O)NC3CC3)n2)c1. The highest BCUT2D eigenvalue weighted by atomic mass is 16.3. The Kier molecular flexibility index (Phi) is 4.77. The minimum atomic E-state index is -0.242. The Hall–Kier alpha value is -3.55. The van der Waals surface area contributed by atoms with E-state index in [1.54, 1.807) is 42.1 Å². The molecule has 8 nitrogen and oxygen atoms in total. The number of anilines is 1. The third-order valence-corrected chi connectivity index (χ3v) is 6.06. The van der Waals surface area contributed by atoms with Gasteiger partial charge in [-0.05, 0) is 62.1 Å². The van der Waals surface area contributed by atoms with Gasteiger partial charge in [0.15, 0.2) is 0 Å². The summed E-state index contributed by atoms with van der Waals surface area (Å²) in [5, 5.41) is 20.9. The molecule has 0 radical (unpaired) electrons. The average molecular weight is 419 g/mol. The standard InChI is InChI=1S/C23H25N5O3/c1-27-11-3-6-19(27)22(30)24-16-9-10-21(29)17(12-16)18-13-20(14-4-2-5-14)28(26-18)23(31)25-15-7-8-15/h3,6,9-15,29H,2,4-5,7-8H2,1H3,(H,24,30)(H,25,31). The highest BCUT2D eigenvalue weighted by molar-refractivity contribution is 6.03. The minimum absolute atomic E-state index is 0.0456. The quantitative estimate of drug-likeness (QED) is 0.547. The van der Waals surface area contributed by atoms with Crippen LogP contribution in [0, 0.1) is 0 Å². The summed E-state index contributed by atoms with van der Waals surface area (Å²) in [6, 6.07) is 10.3. The van der Waals surface area contributed by atoms with Crippen LogP contribution in [0.5, 0.6) is 5.75 Å². The molecule has 1 aromatic carbocycles. The van der Waals surface area contributed by atoms with Crippen molar-refractivity contribution in [1.29, 1.82) is 0 Å². The molecule has 8 heteroatoms. The van der Waals surface area contributed by atoms with Gasteiger partial charge in [-0.1, -0.05) is 6.42 Å². The van der Waals surface area contributed by atoms with Gasteiger partial charge in [0.25, 0.3) is 5.91 Å². The van der Waals surface area contributed by atoms with Crippen LogP contribution in [0.1, 0.15) is 54.2 Å². The Balaban J connectivity index is 1.45. The third kappa shape index (κ3) is 3.81. The summed E-state index contributed by atoms with van der Waals surface area (Å²) in [5.41, 5.74) is 2.93. The Morgan fingerprint density at radius 2 is 1.94 bits per heavy atom. The first-order valence-electron chi connectivity index (χ1n) is 10.7. The molecule has 0 saturated heterocycles. The second-order valence-electron chi connectivity index (χ2n) is 8.41. The highest BCUT2D eigenvalue weighted by Gasteiger charge is 2.30. The molecular formula is C23H25N5O3. The fourth-order valence-electron chi connectivity index (χ4n) is 3.86. The van der Waals surface area contributed by atoms with E-state index in [-0.39, 0.29) is 23.7 Å². The number of carbonyl (C=O) groups excluding carboxylic acids is 2. The lowest BCUT2D eigenvalue weighted by molar-refractivity contribution is 0.101. The zero-order valence-electron chi connectivity index (χ0n) is 17.3. The summed E-state index contributed by atoms with van der Waals surface area (Å²) < 4.78 is 3.19. The van der Waals surface area contributed by atoms with Crippen molar-refractivity contribution in [1.82, 2.24) is 19.7 Å². The first-order chi connectivity index (χ1) is 15.0. The predicted octanol–water partition coefficient (Wildman–Crippen LogP) is 3.83. The number of nitrogens with one attached hydrogen (secondary N) is 2. The van der Waals surface area contributed by atoms with E-state index in [0.717, 1.165) is 37.8 Å². The van der Waals surface area contributed by atoms with Crippen LogP contribution < -0.4 is 10.6 Å². The summed E-state index contributed by atoms with van der Waals surface area (Å²) in [6.07, 6.45) is 7.01. The highest BCUT2D eigenvalue weighted by Crippen LogP contribution is 2.39. The normalized spacial score (nSPS) is 16.0. The van der Waals surface area contributed by atoms with E-state index in [1.165, 1.54) is 10.7 Å². The zero-order valence-corrected chi connectivity index (χ0v) is 17.3. The van der Waals surface area contributed by atoms with E-state index >= 15 is 0 Å². The number of carbonyl (C=O) groups is 2. The molecule has 0 unspecified atom stereocenters. The number of aromatic nitrogens is 3. The van der Waals surface area contributed by atoms with Gasteiger partial charge in [0.1, 0.15) is 11.4 Å². The van der Waals surface area contributed by atoms with Crippen LogP contribution in [0.15, 0.2) is 42.6 Å². The van der Waals surface area contributed by atoms with Gasteiger partial charge in [0, 0.05) is 36.5 Å². The van der Waals surface area contributed by atoms with Crippen molar-refractivity contribution in [3.05, 3.63) is 54.0 Å². The van der Waals surface area contributed by atoms with E-state index in [4.69, 9.17) is 0 Å². The van der Waals surface area contributed by atoms with E-state index in [1.807, 2.05) is 6.07 Å². The molecule has 2 heterocycles. The average Bonchev–Trinajstić information content (AvgIpc) is 3.23. The lowest BCUT2D eigenvalue weighted by Crippen LogP contribution is -2.33. The zero-order chi connectivity index (χ0) is 21.5. The van der Waals surface area contributed by atoms with Gasteiger partial charge in [0.2, 0.25) is 0 Å². The first kappa shape index (κ1) is 19.4. The number of hydrogen-bond donors (Lipinski definition) is 3. The number of aryl methyl sites for hydroxylation is 1. The third-order valence-electron chi connectivity index (χ3n) is 6.06. The molecule has 160 valence electrons. The molecule has 0 bridgehead atoms. The second-order valence-corrected chi connectivity index (χ2v) is 8.41. The molecule has 2 aliphatic carbocycles. The largest absolute Gasteiger partial charge is 0.507 e. The van der Waals surface area contributed by atoms with Gasteiger partial charge in [-0.2, -0.15) is 9.78 Å². The number of benzene rings is 1. The van der Waals surface area contributed by atoms with Crippen LogP contribution >= 0.6 is 0 Å². The summed E-state index contributed by atoms with van der Waals surface area (Å²) in [4.78, 5) is 25.3. The monoisotopic (exact) mass is 419 g/mol. The molecule has 0 atom stereocenters. The molecule has 2 aliphatic rings. The first-order valence-corrected chi connectivity index (χ1v) is 10.7. The summed E-state index contributed by atoms with van der Waals surface area (Å²) in [7, 11) is 1.80. The topological polar surface area (TPSA) is 101 Å². The smallest absolute Gasteiger partial charge is 0.342 e. The van der Waals surface area contributed by atoms with Crippen molar-refractivity contribution in [2.24, 2.45) is 7.05 Å². The molecular weight excluding hydrogens is 394 g/mol. The Bertz CT molecular complexity index is 1150. The van der Waals surface area contributed by atoms with Crippen molar-refractivity contribution < 1.29 is 14.7 Å². The van der Waals surface area contributed by atoms with Crippen molar-refractivity contribution in [2.45, 2.75) is 44.1 Å². The number of phenolic OH excluding ortho intramolecular Hbond substituents is 1. The number of nitrogens with zero attached hydrogens (tertiary/aromatic N) is 3. The lowest BCUT2D eigenvalue weighted by Gasteiger charge is -2.25. The van der Waals surface area contributed by atoms with Crippen molar-refractivity contribution in [3.8, 4) is 17.0 Å². The van der Waals surface area contributed by atoms with E-state index in [9.17, 15) is 14.7 Å². The number of amides is 2. The van der Waals surface area contributed by atoms with Crippen molar-refractivity contribution >= 4 is 17.6 Å². The number of rotatable bonds is 5. The van der Waals surface area contributed by atoms with Crippen LogP contribution in [0.25, 0.3) is 11.3 Å². The molecule has 2 fully saturated rings. The molecule has 3 aromatic rings. The van der Waals surface area contributed by atoms with Gasteiger partial charge >= 0.3 is 6.03 Å². The van der Waals surface area contributed by atoms with Crippen LogP contribution in [-0.4, -0.2) is 37.4 Å². The van der Waals surface area contributed by atoms with Gasteiger partial charge in [-0.15, -0.1) is 0 Å². The molecule has 2 saturated carbocycles. The molecule has 3 N–H and O–H groups in total. The molecule has 2 aromatic heterocycles. The second kappa shape index (κ2) is 7.61. The van der Waals surface area contributed by atoms with Crippen LogP contribution in [0.2, 0.25) is 0 Å². The van der Waals surface area contributed by atoms with Gasteiger partial charge < -0.3 is 20.3 Å². The lowest BCUT2D eigenvalue weighted by atomic mass is 9.82. The van der Waals surface area contributed by atoms with Crippen LogP contribution in [0.3, 0.4) is 0 Å². The number of aromatic hydroxyl groups is 1. The molecule has 5 rings (SSSR count). The fraction of sp³-hybridized carbons (Fsp3) is 0.348.